The maximum Gasteiger partial charge on any atom is 0.331 e. The summed E-state index contributed by atoms with van der Waals surface area (Å²) in [6, 6.07) is 0. The zero-order valence-electron chi connectivity index (χ0n) is 14.5. The largest absolute Gasteiger partial charge is 0.790 e. The number of rotatable bonds is 8. The number of aromatic nitrogens is 4. The van der Waals surface area contributed by atoms with E-state index in [4.69, 9.17) is 15.0 Å². The summed E-state index contributed by atoms with van der Waals surface area (Å²) in [4.78, 5) is 53.7. The molecule has 1 saturated heterocycles. The number of nitrogen functional groups attached to an aromatic ring is 1. The van der Waals surface area contributed by atoms with Crippen LogP contribution in [0.1, 0.15) is 12.6 Å². The molecule has 16 nitrogen and oxygen atoms in total. The molecule has 1 aliphatic heterocycles. The normalized spacial score (nSPS) is 26.5. The van der Waals surface area contributed by atoms with E-state index >= 15 is 0 Å². The molecule has 0 aromatic carbocycles. The van der Waals surface area contributed by atoms with Gasteiger partial charge >= 0.3 is 6.72 Å². The Hall–Kier alpha value is -0.900. The Morgan fingerprint density at radius 3 is 2.67 bits per heavy atom. The fourth-order valence-corrected chi connectivity index (χ4v) is 6.39. The molecule has 3 heterocycles. The van der Waals surface area contributed by atoms with Crippen molar-refractivity contribution in [1.29, 1.82) is 0 Å². The molecule has 5 unspecified atom stereocenters. The van der Waals surface area contributed by atoms with Gasteiger partial charge < -0.3 is 44.2 Å². The van der Waals surface area contributed by atoms with Crippen molar-refractivity contribution in [2.45, 2.75) is 24.9 Å². The average Bonchev–Trinajstić information content (AvgIpc) is 3.14. The van der Waals surface area contributed by atoms with E-state index in [9.17, 15) is 33.8 Å². The summed E-state index contributed by atoms with van der Waals surface area (Å²) >= 11 is 4.43. The molecule has 1 aliphatic rings. The lowest BCUT2D eigenvalue weighted by atomic mass is 10.2. The minimum Gasteiger partial charge on any atom is -0.790 e. The first kappa shape index (κ1) is 23.8. The fourth-order valence-electron chi connectivity index (χ4n) is 2.57. The standard InChI is InChI=1S/C10H16N5O11P3S/c11-9-8-10(13-3-12-9)15(4-14-8)7-1-5(16)6(24-7)2-23-29(22,30)26-28(20,21)25-27(17,18)19/h3-7,16H,1-2H2,(H,20,21)(H,22,30)(H2,11,12,13)(H2,17,18,19)/p-3. The first-order chi connectivity index (χ1) is 13.8. The Labute approximate surface area is 172 Å². The van der Waals surface area contributed by atoms with E-state index in [1.54, 1.807) is 0 Å². The quantitative estimate of drug-likeness (QED) is 0.317. The summed E-state index contributed by atoms with van der Waals surface area (Å²) < 4.78 is 40.7. The van der Waals surface area contributed by atoms with Crippen LogP contribution in [0.5, 0.6) is 0 Å². The molecule has 0 saturated carbocycles. The van der Waals surface area contributed by atoms with Gasteiger partial charge in [-0.2, -0.15) is 0 Å². The van der Waals surface area contributed by atoms with Crippen molar-refractivity contribution in [3.63, 3.8) is 0 Å². The third-order valence-electron chi connectivity index (χ3n) is 3.71. The number of aliphatic hydroxyl groups is 1. The van der Waals surface area contributed by atoms with Crippen molar-refractivity contribution >= 4 is 51.2 Å². The van der Waals surface area contributed by atoms with Gasteiger partial charge in [0.15, 0.2) is 11.5 Å². The van der Waals surface area contributed by atoms with Gasteiger partial charge in [0, 0.05) is 6.42 Å². The van der Waals surface area contributed by atoms with E-state index in [-0.39, 0.29) is 12.2 Å². The van der Waals surface area contributed by atoms with Gasteiger partial charge in [-0.05, 0) is 11.8 Å². The molecular formula is C10H13N5O11P3S-3. The fraction of sp³-hybridized carbons (Fsp3) is 0.500. The summed E-state index contributed by atoms with van der Waals surface area (Å²) in [5.41, 5.74) is 6.35. The first-order valence-electron chi connectivity index (χ1n) is 7.76. The Kier molecular flexibility index (Phi) is 6.78. The van der Waals surface area contributed by atoms with Crippen LogP contribution in [0.3, 0.4) is 0 Å². The highest BCUT2D eigenvalue weighted by Crippen LogP contribution is 2.62. The van der Waals surface area contributed by atoms with Gasteiger partial charge in [-0.15, -0.1) is 0 Å². The summed E-state index contributed by atoms with van der Waals surface area (Å²) in [5, 5.41) is 10.2. The number of hydrogen-bond acceptors (Lipinski definition) is 15. The predicted octanol–water partition coefficient (Wildman–Crippen LogP) is -2.38. The molecule has 0 radical (unpaired) electrons. The van der Waals surface area contributed by atoms with Crippen molar-refractivity contribution in [2.75, 3.05) is 12.3 Å². The van der Waals surface area contributed by atoms with Crippen molar-refractivity contribution < 1.29 is 51.7 Å². The molecule has 0 bridgehead atoms. The minimum atomic E-state index is -5.97. The second-order valence-corrected chi connectivity index (χ2v) is 11.5. The molecule has 4 N–H and O–H groups in total. The molecule has 30 heavy (non-hydrogen) atoms. The number of imidazole rings is 1. The Morgan fingerprint density at radius 2 is 2.00 bits per heavy atom. The molecular weight excluding hydrogens is 491 g/mol. The van der Waals surface area contributed by atoms with Crippen LogP contribution in [-0.4, -0.2) is 48.3 Å². The lowest BCUT2D eigenvalue weighted by Crippen LogP contribution is -2.26. The number of ether oxygens (including phenoxy) is 1. The van der Waals surface area contributed by atoms with Gasteiger partial charge in [0.2, 0.25) is 0 Å². The number of hydrogen-bond donors (Lipinski definition) is 3. The lowest BCUT2D eigenvalue weighted by Gasteiger charge is -2.36. The molecule has 5 atom stereocenters. The number of aliphatic hydroxyl groups excluding tert-OH is 1. The zero-order chi connectivity index (χ0) is 22.3. The predicted molar refractivity (Wildman–Crippen MR) is 94.1 cm³/mol. The van der Waals surface area contributed by atoms with E-state index in [0.29, 0.717) is 11.2 Å². The third-order valence-corrected chi connectivity index (χ3v) is 8.32. The van der Waals surface area contributed by atoms with Gasteiger partial charge in [-0.25, -0.2) is 19.3 Å². The van der Waals surface area contributed by atoms with Crippen molar-refractivity contribution in [3.8, 4) is 0 Å². The highest BCUT2D eigenvalue weighted by Gasteiger charge is 2.37. The molecule has 3 rings (SSSR count). The third kappa shape index (κ3) is 5.87. The average molecular weight is 504 g/mol. The van der Waals surface area contributed by atoms with Crippen LogP contribution in [0.25, 0.3) is 11.2 Å². The van der Waals surface area contributed by atoms with Crippen molar-refractivity contribution in [1.82, 2.24) is 19.5 Å². The number of fused-ring (bicyclic) bond motifs is 1. The van der Waals surface area contributed by atoms with Crippen LogP contribution in [0, 0.1) is 0 Å². The van der Waals surface area contributed by atoms with Crippen LogP contribution < -0.4 is 20.4 Å². The van der Waals surface area contributed by atoms with Gasteiger partial charge in [0.1, 0.15) is 24.2 Å². The Morgan fingerprint density at radius 1 is 1.30 bits per heavy atom. The summed E-state index contributed by atoms with van der Waals surface area (Å²) in [5.74, 6) is 0.139. The second-order valence-electron chi connectivity index (χ2n) is 5.84. The molecule has 20 heteroatoms. The van der Waals surface area contributed by atoms with Gasteiger partial charge in [-0.1, -0.05) is 0 Å². The molecule has 0 amide bonds. The maximum absolute atomic E-state index is 11.3. The monoisotopic (exact) mass is 504 g/mol. The Bertz CT molecular complexity index is 1080. The van der Waals surface area contributed by atoms with Crippen molar-refractivity contribution in [2.24, 2.45) is 0 Å². The lowest BCUT2D eigenvalue weighted by molar-refractivity contribution is -0.339. The number of anilines is 1. The van der Waals surface area contributed by atoms with E-state index in [0.717, 1.165) is 0 Å². The van der Waals surface area contributed by atoms with Gasteiger partial charge in [0.05, 0.1) is 26.9 Å². The van der Waals surface area contributed by atoms with E-state index in [1.807, 2.05) is 0 Å². The van der Waals surface area contributed by atoms with E-state index in [2.05, 4.69) is 35.4 Å². The molecule has 2 aromatic heterocycles. The SMILES string of the molecule is Nc1ncnc2c1ncn2C1CC(O)C(COP(O)(=S)OP(=O)([O-])OP(=O)([O-])[O-])O1. The molecule has 168 valence electrons. The smallest absolute Gasteiger partial charge is 0.331 e. The minimum absolute atomic E-state index is 0.0389. The van der Waals surface area contributed by atoms with Gasteiger partial charge in [0.25, 0.3) is 7.82 Å². The van der Waals surface area contributed by atoms with Gasteiger partial charge in [-0.3, -0.25) is 13.4 Å². The topological polar surface area (TPSA) is 250 Å². The van der Waals surface area contributed by atoms with Crippen LogP contribution in [0.15, 0.2) is 12.7 Å². The van der Waals surface area contributed by atoms with E-state index < -0.39 is 47.4 Å². The number of nitrogens with two attached hydrogens (primary N) is 1. The number of phosphoric acid groups is 2. The highest BCUT2D eigenvalue weighted by molar-refractivity contribution is 8.08. The van der Waals surface area contributed by atoms with Crippen molar-refractivity contribution in [3.05, 3.63) is 12.7 Å². The summed E-state index contributed by atoms with van der Waals surface area (Å²) in [7, 11) is -11.8. The van der Waals surface area contributed by atoms with E-state index in [1.165, 1.54) is 17.2 Å². The molecule has 1 fully saturated rings. The molecule has 0 spiro atoms. The van der Waals surface area contributed by atoms with Crippen LogP contribution in [-0.2, 0) is 38.8 Å². The first-order valence-corrected chi connectivity index (χ1v) is 13.3. The Balaban J connectivity index is 1.64. The van der Waals surface area contributed by atoms with Crippen LogP contribution in [0.2, 0.25) is 0 Å². The molecule has 2 aromatic rings. The van der Waals surface area contributed by atoms with Crippen LogP contribution in [0.4, 0.5) is 5.82 Å². The second kappa shape index (κ2) is 8.56. The zero-order valence-corrected chi connectivity index (χ0v) is 18.0. The maximum atomic E-state index is 11.3. The van der Waals surface area contributed by atoms with Crippen LogP contribution >= 0.6 is 22.4 Å². The summed E-state index contributed by atoms with van der Waals surface area (Å²) in [6.07, 6.45) is -0.386. The highest BCUT2D eigenvalue weighted by atomic mass is 32.5. The summed E-state index contributed by atoms with van der Waals surface area (Å²) in [6.45, 7) is -5.26. The number of nitrogens with zero attached hydrogens (tertiary/aromatic N) is 4. The molecule has 0 aliphatic carbocycles.